The van der Waals surface area contributed by atoms with Gasteiger partial charge in [0.15, 0.2) is 0 Å². The number of hydrogen-bond donors (Lipinski definition) is 2. The lowest BCUT2D eigenvalue weighted by molar-refractivity contribution is -0.141. The van der Waals surface area contributed by atoms with Crippen molar-refractivity contribution in [3.05, 3.63) is 54.2 Å². The lowest BCUT2D eigenvalue weighted by atomic mass is 10.1. The topological polar surface area (TPSA) is 101 Å². The minimum atomic E-state index is -0.857. The number of aromatic nitrogens is 1. The molecule has 2 heterocycles. The van der Waals surface area contributed by atoms with E-state index < -0.39 is 11.9 Å². The summed E-state index contributed by atoms with van der Waals surface area (Å²) in [5.41, 5.74) is 0.829. The standard InChI is InChI=1S/C20H23N3O5/c24-19(25)16-8-9-23(14-16)20(26)22-13-15-6-7-18(21-12-15)28-11-10-27-17-4-2-1-3-5-17/h1-7,12,16H,8-11,13-14H2,(H,22,26)(H,24,25). The Morgan fingerprint density at radius 2 is 1.93 bits per heavy atom. The number of urea groups is 1. The summed E-state index contributed by atoms with van der Waals surface area (Å²) in [6, 6.07) is 12.8. The van der Waals surface area contributed by atoms with Gasteiger partial charge in [0.25, 0.3) is 0 Å². The number of carbonyl (C=O) groups is 2. The lowest BCUT2D eigenvalue weighted by Gasteiger charge is -2.16. The van der Waals surface area contributed by atoms with Crippen molar-refractivity contribution in [1.29, 1.82) is 0 Å². The Morgan fingerprint density at radius 1 is 1.14 bits per heavy atom. The van der Waals surface area contributed by atoms with Crippen molar-refractivity contribution in [1.82, 2.24) is 15.2 Å². The summed E-state index contributed by atoms with van der Waals surface area (Å²) < 4.78 is 11.1. The molecule has 0 bridgehead atoms. The molecule has 3 rings (SSSR count). The molecule has 8 nitrogen and oxygen atoms in total. The molecule has 1 atom stereocenters. The van der Waals surface area contributed by atoms with Crippen LogP contribution in [0.15, 0.2) is 48.7 Å². The molecule has 0 radical (unpaired) electrons. The maximum Gasteiger partial charge on any atom is 0.317 e. The molecule has 1 fully saturated rings. The number of likely N-dealkylation sites (tertiary alicyclic amines) is 1. The van der Waals surface area contributed by atoms with E-state index in [9.17, 15) is 9.59 Å². The molecular formula is C20H23N3O5. The van der Waals surface area contributed by atoms with Crippen LogP contribution >= 0.6 is 0 Å². The fourth-order valence-corrected chi connectivity index (χ4v) is 2.86. The minimum Gasteiger partial charge on any atom is -0.490 e. The van der Waals surface area contributed by atoms with E-state index in [2.05, 4.69) is 10.3 Å². The zero-order valence-electron chi connectivity index (χ0n) is 15.4. The number of carboxylic acid groups (broad SMARTS) is 1. The number of benzene rings is 1. The number of pyridine rings is 1. The number of nitrogens with zero attached hydrogens (tertiary/aromatic N) is 2. The Kier molecular flexibility index (Phi) is 6.67. The summed E-state index contributed by atoms with van der Waals surface area (Å²) in [4.78, 5) is 28.8. The lowest BCUT2D eigenvalue weighted by Crippen LogP contribution is -2.38. The number of amides is 2. The molecule has 1 aliphatic heterocycles. The summed E-state index contributed by atoms with van der Waals surface area (Å²) in [6.07, 6.45) is 2.13. The number of ether oxygens (including phenoxy) is 2. The first-order valence-electron chi connectivity index (χ1n) is 9.13. The third-order valence-corrected chi connectivity index (χ3v) is 4.41. The number of para-hydroxylation sites is 1. The van der Waals surface area contributed by atoms with Crippen LogP contribution in [0.3, 0.4) is 0 Å². The molecule has 148 valence electrons. The van der Waals surface area contributed by atoms with Crippen LogP contribution in [-0.2, 0) is 11.3 Å². The second kappa shape index (κ2) is 9.59. The van der Waals surface area contributed by atoms with Crippen LogP contribution in [0.2, 0.25) is 0 Å². The van der Waals surface area contributed by atoms with Gasteiger partial charge in [-0.15, -0.1) is 0 Å². The minimum absolute atomic E-state index is 0.247. The first-order valence-corrected chi connectivity index (χ1v) is 9.13. The Balaban J connectivity index is 1.36. The van der Waals surface area contributed by atoms with Gasteiger partial charge in [-0.3, -0.25) is 4.79 Å². The van der Waals surface area contributed by atoms with Crippen LogP contribution in [0, 0.1) is 5.92 Å². The van der Waals surface area contributed by atoms with E-state index in [0.717, 1.165) is 11.3 Å². The van der Waals surface area contributed by atoms with Gasteiger partial charge in [0.05, 0.1) is 5.92 Å². The highest BCUT2D eigenvalue weighted by atomic mass is 16.5. The van der Waals surface area contributed by atoms with E-state index in [4.69, 9.17) is 14.6 Å². The van der Waals surface area contributed by atoms with Crippen LogP contribution in [0.1, 0.15) is 12.0 Å². The zero-order chi connectivity index (χ0) is 19.8. The fraction of sp³-hybridized carbons (Fsp3) is 0.350. The van der Waals surface area contributed by atoms with Crippen molar-refractivity contribution in [2.24, 2.45) is 5.92 Å². The van der Waals surface area contributed by atoms with Gasteiger partial charge in [-0.05, 0) is 24.1 Å². The van der Waals surface area contributed by atoms with Crippen molar-refractivity contribution < 1.29 is 24.2 Å². The largest absolute Gasteiger partial charge is 0.490 e. The number of carboxylic acids is 1. The van der Waals surface area contributed by atoms with Gasteiger partial charge in [-0.25, -0.2) is 9.78 Å². The summed E-state index contributed by atoms with van der Waals surface area (Å²) in [5, 5.41) is 11.8. The molecular weight excluding hydrogens is 362 g/mol. The molecule has 2 N–H and O–H groups in total. The Hall–Kier alpha value is -3.29. The van der Waals surface area contributed by atoms with E-state index in [1.807, 2.05) is 36.4 Å². The van der Waals surface area contributed by atoms with Crippen LogP contribution < -0.4 is 14.8 Å². The van der Waals surface area contributed by atoms with Crippen molar-refractivity contribution in [3.63, 3.8) is 0 Å². The summed E-state index contributed by atoms with van der Waals surface area (Å²) >= 11 is 0. The molecule has 1 saturated heterocycles. The number of nitrogens with one attached hydrogen (secondary N) is 1. The fourth-order valence-electron chi connectivity index (χ4n) is 2.86. The van der Waals surface area contributed by atoms with Crippen LogP contribution in [0.4, 0.5) is 4.79 Å². The maximum absolute atomic E-state index is 12.1. The van der Waals surface area contributed by atoms with E-state index in [0.29, 0.717) is 38.6 Å². The van der Waals surface area contributed by atoms with Gasteiger partial charge in [-0.2, -0.15) is 0 Å². The van der Waals surface area contributed by atoms with Gasteiger partial charge in [0.1, 0.15) is 19.0 Å². The van der Waals surface area contributed by atoms with Crippen LogP contribution in [-0.4, -0.2) is 53.3 Å². The third kappa shape index (κ3) is 5.60. The quantitative estimate of drug-likeness (QED) is 0.676. The predicted molar refractivity (Wildman–Crippen MR) is 101 cm³/mol. The molecule has 1 aliphatic rings. The monoisotopic (exact) mass is 385 g/mol. The smallest absolute Gasteiger partial charge is 0.317 e. The van der Waals surface area contributed by atoms with Gasteiger partial charge in [-0.1, -0.05) is 24.3 Å². The second-order valence-corrected chi connectivity index (χ2v) is 6.44. The molecule has 1 aromatic carbocycles. The van der Waals surface area contributed by atoms with Crippen molar-refractivity contribution in [3.8, 4) is 11.6 Å². The second-order valence-electron chi connectivity index (χ2n) is 6.44. The number of carbonyl (C=O) groups excluding carboxylic acids is 1. The molecule has 2 aromatic rings. The molecule has 28 heavy (non-hydrogen) atoms. The highest BCUT2D eigenvalue weighted by Crippen LogP contribution is 2.16. The highest BCUT2D eigenvalue weighted by Gasteiger charge is 2.30. The van der Waals surface area contributed by atoms with Crippen molar-refractivity contribution in [2.45, 2.75) is 13.0 Å². The van der Waals surface area contributed by atoms with Gasteiger partial charge in [0.2, 0.25) is 5.88 Å². The van der Waals surface area contributed by atoms with E-state index in [1.54, 1.807) is 12.3 Å². The normalized spacial score (nSPS) is 15.9. The number of aliphatic carboxylic acids is 1. The van der Waals surface area contributed by atoms with E-state index in [1.165, 1.54) is 4.90 Å². The van der Waals surface area contributed by atoms with Gasteiger partial charge in [0, 0.05) is 31.9 Å². The molecule has 1 aromatic heterocycles. The number of hydrogen-bond acceptors (Lipinski definition) is 5. The molecule has 1 unspecified atom stereocenters. The third-order valence-electron chi connectivity index (χ3n) is 4.41. The van der Waals surface area contributed by atoms with E-state index in [-0.39, 0.29) is 12.6 Å². The summed E-state index contributed by atoms with van der Waals surface area (Å²) in [5.74, 6) is -0.0626. The van der Waals surface area contributed by atoms with E-state index >= 15 is 0 Å². The Bertz CT molecular complexity index is 782. The summed E-state index contributed by atoms with van der Waals surface area (Å²) in [6.45, 7) is 1.81. The van der Waals surface area contributed by atoms with Crippen LogP contribution in [0.5, 0.6) is 11.6 Å². The molecule has 8 heteroatoms. The van der Waals surface area contributed by atoms with Crippen molar-refractivity contribution >= 4 is 12.0 Å². The highest BCUT2D eigenvalue weighted by molar-refractivity contribution is 5.77. The summed E-state index contributed by atoms with van der Waals surface area (Å²) in [7, 11) is 0. The average molecular weight is 385 g/mol. The Labute approximate surface area is 163 Å². The first-order chi connectivity index (χ1) is 13.6. The molecule has 2 amide bonds. The molecule has 0 saturated carbocycles. The SMILES string of the molecule is O=C(O)C1CCN(C(=O)NCc2ccc(OCCOc3ccccc3)nc2)C1. The van der Waals surface area contributed by atoms with Crippen molar-refractivity contribution in [2.75, 3.05) is 26.3 Å². The maximum atomic E-state index is 12.1. The predicted octanol–water partition coefficient (Wildman–Crippen LogP) is 2.16. The van der Waals surface area contributed by atoms with Gasteiger partial charge < -0.3 is 24.8 Å². The van der Waals surface area contributed by atoms with Gasteiger partial charge >= 0.3 is 12.0 Å². The average Bonchev–Trinajstić information content (AvgIpc) is 3.22. The first kappa shape index (κ1) is 19.5. The molecule has 0 spiro atoms. The zero-order valence-corrected chi connectivity index (χ0v) is 15.4. The Morgan fingerprint density at radius 3 is 2.61 bits per heavy atom. The number of rotatable bonds is 8. The van der Waals surface area contributed by atoms with Crippen LogP contribution in [0.25, 0.3) is 0 Å². The molecule has 0 aliphatic carbocycles.